The van der Waals surface area contributed by atoms with Crippen LogP contribution in [0.2, 0.25) is 0 Å². The third-order valence-electron chi connectivity index (χ3n) is 5.02. The van der Waals surface area contributed by atoms with Crippen molar-refractivity contribution in [2.24, 2.45) is 0 Å². The van der Waals surface area contributed by atoms with E-state index in [9.17, 15) is 18.0 Å². The van der Waals surface area contributed by atoms with Gasteiger partial charge in [-0.2, -0.15) is 13.2 Å². The second kappa shape index (κ2) is 8.35. The van der Waals surface area contributed by atoms with Crippen molar-refractivity contribution in [3.8, 4) is 0 Å². The maximum absolute atomic E-state index is 12.6. The van der Waals surface area contributed by atoms with Crippen molar-refractivity contribution in [2.75, 3.05) is 31.2 Å². The maximum atomic E-state index is 12.6. The van der Waals surface area contributed by atoms with Gasteiger partial charge in [0.1, 0.15) is 18.0 Å². The number of amides is 1. The molecule has 1 fully saturated rings. The van der Waals surface area contributed by atoms with Crippen LogP contribution in [0.15, 0.2) is 48.7 Å². The topological polar surface area (TPSA) is 59.4 Å². The normalized spacial score (nSPS) is 14.8. The maximum Gasteiger partial charge on any atom is 0.416 e. The molecule has 9 heteroatoms. The van der Waals surface area contributed by atoms with E-state index in [-0.39, 0.29) is 19.0 Å². The minimum Gasteiger partial charge on any atom is -0.378 e. The van der Waals surface area contributed by atoms with Gasteiger partial charge in [-0.3, -0.25) is 4.79 Å². The van der Waals surface area contributed by atoms with Gasteiger partial charge in [0.25, 0.3) is 0 Å². The number of halogens is 3. The van der Waals surface area contributed by atoms with E-state index in [1.54, 1.807) is 10.8 Å². The van der Waals surface area contributed by atoms with Gasteiger partial charge in [0, 0.05) is 31.2 Å². The first-order valence-electron chi connectivity index (χ1n) is 9.61. The minimum absolute atomic E-state index is 0.0731. The summed E-state index contributed by atoms with van der Waals surface area (Å²) in [5, 5.41) is 3.68. The Kier molecular flexibility index (Phi) is 5.63. The zero-order valence-corrected chi connectivity index (χ0v) is 16.2. The Balaban J connectivity index is 1.40. The molecule has 1 amide bonds. The fourth-order valence-electron chi connectivity index (χ4n) is 3.37. The van der Waals surface area contributed by atoms with Gasteiger partial charge in [0.2, 0.25) is 5.91 Å². The third-order valence-corrected chi connectivity index (χ3v) is 5.02. The van der Waals surface area contributed by atoms with Crippen LogP contribution in [0.1, 0.15) is 11.1 Å². The molecule has 2 aromatic heterocycles. The van der Waals surface area contributed by atoms with E-state index < -0.39 is 11.7 Å². The van der Waals surface area contributed by atoms with Crippen molar-refractivity contribution in [3.63, 3.8) is 0 Å². The molecular formula is C21H21F3N4O2. The number of nitrogens with zero attached hydrogens (tertiary/aromatic N) is 3. The van der Waals surface area contributed by atoms with Crippen molar-refractivity contribution in [1.29, 1.82) is 0 Å². The molecule has 3 aromatic rings. The molecule has 1 N–H and O–H groups in total. The Morgan fingerprint density at radius 2 is 1.80 bits per heavy atom. The van der Waals surface area contributed by atoms with E-state index in [2.05, 4.69) is 10.2 Å². The molecule has 1 aliphatic rings. The second-order valence-corrected chi connectivity index (χ2v) is 7.10. The standard InChI is InChI=1S/C21H21F3N4O2/c22-21(23,24)17-4-1-15(2-5-17)13-25-19(29)14-28-8-7-16-3-6-18(26-20(16)28)27-9-11-30-12-10-27/h1-8H,9-14H2,(H,25,29). The van der Waals surface area contributed by atoms with E-state index in [4.69, 9.17) is 9.72 Å². The highest BCUT2D eigenvalue weighted by atomic mass is 19.4. The number of hydrogen-bond donors (Lipinski definition) is 1. The highest BCUT2D eigenvalue weighted by molar-refractivity contribution is 5.82. The van der Waals surface area contributed by atoms with Crippen LogP contribution in [0.5, 0.6) is 0 Å². The van der Waals surface area contributed by atoms with E-state index >= 15 is 0 Å². The number of nitrogens with one attached hydrogen (secondary N) is 1. The summed E-state index contributed by atoms with van der Waals surface area (Å²) in [4.78, 5) is 19.2. The lowest BCUT2D eigenvalue weighted by Gasteiger charge is -2.27. The predicted octanol–water partition coefficient (Wildman–Crippen LogP) is 3.21. The van der Waals surface area contributed by atoms with E-state index in [1.807, 2.05) is 18.2 Å². The van der Waals surface area contributed by atoms with E-state index in [0.717, 1.165) is 36.4 Å². The lowest BCUT2D eigenvalue weighted by Crippen LogP contribution is -2.36. The van der Waals surface area contributed by atoms with Gasteiger partial charge < -0.3 is 19.5 Å². The molecule has 1 aliphatic heterocycles. The molecule has 0 bridgehead atoms. The number of fused-ring (bicyclic) bond motifs is 1. The Labute approximate surface area is 171 Å². The molecule has 0 spiro atoms. The fourth-order valence-corrected chi connectivity index (χ4v) is 3.37. The van der Waals surface area contributed by atoms with Crippen LogP contribution in [0, 0.1) is 0 Å². The number of ether oxygens (including phenoxy) is 1. The smallest absolute Gasteiger partial charge is 0.378 e. The average Bonchev–Trinajstić information content (AvgIpc) is 3.14. The van der Waals surface area contributed by atoms with Crippen LogP contribution in [0.4, 0.5) is 19.0 Å². The quantitative estimate of drug-likeness (QED) is 0.691. The zero-order chi connectivity index (χ0) is 21.1. The molecular weight excluding hydrogens is 397 g/mol. The van der Waals surface area contributed by atoms with Crippen molar-refractivity contribution >= 4 is 22.8 Å². The zero-order valence-electron chi connectivity index (χ0n) is 16.2. The molecule has 158 valence electrons. The Morgan fingerprint density at radius 3 is 2.50 bits per heavy atom. The predicted molar refractivity (Wildman–Crippen MR) is 106 cm³/mol. The average molecular weight is 418 g/mol. The number of hydrogen-bond acceptors (Lipinski definition) is 4. The molecule has 1 aromatic carbocycles. The van der Waals surface area contributed by atoms with Gasteiger partial charge in [-0.15, -0.1) is 0 Å². The number of alkyl halides is 3. The number of morpholine rings is 1. The molecule has 4 rings (SSSR count). The van der Waals surface area contributed by atoms with Crippen molar-refractivity contribution < 1.29 is 22.7 Å². The van der Waals surface area contributed by atoms with Crippen LogP contribution >= 0.6 is 0 Å². The number of benzene rings is 1. The summed E-state index contributed by atoms with van der Waals surface area (Å²) in [5.41, 5.74) is 0.601. The SMILES string of the molecule is O=C(Cn1ccc2ccc(N3CCOCC3)nc21)NCc1ccc(C(F)(F)F)cc1. The van der Waals surface area contributed by atoms with Gasteiger partial charge in [0.05, 0.1) is 18.8 Å². The summed E-state index contributed by atoms with van der Waals surface area (Å²) in [6.07, 6.45) is -2.57. The first-order chi connectivity index (χ1) is 14.4. The van der Waals surface area contributed by atoms with Crippen molar-refractivity contribution in [1.82, 2.24) is 14.9 Å². The second-order valence-electron chi connectivity index (χ2n) is 7.10. The summed E-state index contributed by atoms with van der Waals surface area (Å²) < 4.78 is 45.0. The Morgan fingerprint density at radius 1 is 1.07 bits per heavy atom. The van der Waals surface area contributed by atoms with Gasteiger partial charge in [-0.1, -0.05) is 12.1 Å². The number of carbonyl (C=O) groups excluding carboxylic acids is 1. The lowest BCUT2D eigenvalue weighted by molar-refractivity contribution is -0.137. The van der Waals surface area contributed by atoms with Gasteiger partial charge in [-0.25, -0.2) is 4.98 Å². The number of anilines is 1. The highest BCUT2D eigenvalue weighted by Gasteiger charge is 2.29. The Bertz CT molecular complexity index is 1020. The fraction of sp³-hybridized carbons (Fsp3) is 0.333. The van der Waals surface area contributed by atoms with Gasteiger partial charge in [0.15, 0.2) is 0 Å². The number of aromatic nitrogens is 2. The van der Waals surface area contributed by atoms with Crippen LogP contribution in [-0.4, -0.2) is 41.8 Å². The molecule has 0 aliphatic carbocycles. The van der Waals surface area contributed by atoms with Crippen LogP contribution in [0.25, 0.3) is 11.0 Å². The summed E-state index contributed by atoms with van der Waals surface area (Å²) in [5.74, 6) is 0.599. The molecule has 3 heterocycles. The molecule has 6 nitrogen and oxygen atoms in total. The van der Waals surface area contributed by atoms with E-state index in [1.165, 1.54) is 12.1 Å². The lowest BCUT2D eigenvalue weighted by atomic mass is 10.1. The summed E-state index contributed by atoms with van der Waals surface area (Å²) in [6, 6.07) is 10.6. The number of rotatable bonds is 5. The van der Waals surface area contributed by atoms with Crippen LogP contribution in [0.3, 0.4) is 0 Å². The molecule has 30 heavy (non-hydrogen) atoms. The third kappa shape index (κ3) is 4.56. The van der Waals surface area contributed by atoms with Crippen molar-refractivity contribution in [3.05, 3.63) is 59.8 Å². The number of pyridine rings is 1. The summed E-state index contributed by atoms with van der Waals surface area (Å²) >= 11 is 0. The molecule has 0 unspecified atom stereocenters. The van der Waals surface area contributed by atoms with Crippen molar-refractivity contribution in [2.45, 2.75) is 19.3 Å². The first-order valence-corrected chi connectivity index (χ1v) is 9.61. The molecule has 0 radical (unpaired) electrons. The summed E-state index contributed by atoms with van der Waals surface area (Å²) in [6.45, 7) is 3.09. The monoisotopic (exact) mass is 418 g/mol. The molecule has 0 saturated carbocycles. The first kappa shape index (κ1) is 20.2. The summed E-state index contributed by atoms with van der Waals surface area (Å²) in [7, 11) is 0. The van der Waals surface area contributed by atoms with Crippen LogP contribution in [-0.2, 0) is 28.8 Å². The van der Waals surface area contributed by atoms with Gasteiger partial charge >= 0.3 is 6.18 Å². The molecule has 1 saturated heterocycles. The minimum atomic E-state index is -4.37. The number of carbonyl (C=O) groups is 1. The highest BCUT2D eigenvalue weighted by Crippen LogP contribution is 2.29. The Hall–Kier alpha value is -3.07. The molecule has 0 atom stereocenters. The van der Waals surface area contributed by atoms with E-state index in [0.29, 0.717) is 24.4 Å². The largest absolute Gasteiger partial charge is 0.416 e. The van der Waals surface area contributed by atoms with Crippen LogP contribution < -0.4 is 10.2 Å². The van der Waals surface area contributed by atoms with Gasteiger partial charge in [-0.05, 0) is 35.9 Å².